The Balaban J connectivity index is 3.74. The third-order valence-corrected chi connectivity index (χ3v) is 5.92. The van der Waals surface area contributed by atoms with Crippen LogP contribution in [-0.4, -0.2) is 22.2 Å². The summed E-state index contributed by atoms with van der Waals surface area (Å²) in [6.07, 6.45) is 16.0. The van der Waals surface area contributed by atoms with E-state index >= 15 is 0 Å². The minimum atomic E-state index is -1.26. The Morgan fingerprint density at radius 2 is 1.34 bits per heavy atom. The van der Waals surface area contributed by atoms with E-state index in [0.717, 1.165) is 5.56 Å². The van der Waals surface area contributed by atoms with E-state index in [4.69, 9.17) is 0 Å². The van der Waals surface area contributed by atoms with Gasteiger partial charge >= 0.3 is 11.9 Å². The smallest absolute Gasteiger partial charge is 0.336 e. The summed E-state index contributed by atoms with van der Waals surface area (Å²) < 4.78 is 0. The van der Waals surface area contributed by atoms with Crippen LogP contribution in [-0.2, 0) is 0 Å². The highest BCUT2D eigenvalue weighted by molar-refractivity contribution is 6.03. The highest BCUT2D eigenvalue weighted by Gasteiger charge is 2.31. The molecule has 32 heavy (non-hydrogen) atoms. The molecule has 4 nitrogen and oxygen atoms in total. The van der Waals surface area contributed by atoms with Crippen molar-refractivity contribution in [2.45, 2.75) is 38.5 Å². The highest BCUT2D eigenvalue weighted by atomic mass is 16.4. The van der Waals surface area contributed by atoms with E-state index in [1.807, 2.05) is 44.2 Å². The minimum absolute atomic E-state index is 0.0392. The molecule has 2 N–H and O–H groups in total. The summed E-state index contributed by atoms with van der Waals surface area (Å²) in [6, 6.07) is 3.15. The van der Waals surface area contributed by atoms with Crippen molar-refractivity contribution in [3.05, 3.63) is 109 Å². The van der Waals surface area contributed by atoms with Gasteiger partial charge in [-0.25, -0.2) is 9.59 Å². The van der Waals surface area contributed by atoms with E-state index in [9.17, 15) is 19.8 Å². The molecule has 1 aromatic carbocycles. The van der Waals surface area contributed by atoms with Crippen molar-refractivity contribution >= 4 is 11.9 Å². The van der Waals surface area contributed by atoms with Crippen molar-refractivity contribution in [1.82, 2.24) is 0 Å². The lowest BCUT2D eigenvalue weighted by molar-refractivity contribution is 0.0649. The van der Waals surface area contributed by atoms with E-state index in [1.165, 1.54) is 6.07 Å². The largest absolute Gasteiger partial charge is 0.478 e. The Labute approximate surface area is 191 Å². The van der Waals surface area contributed by atoms with Crippen molar-refractivity contribution < 1.29 is 19.8 Å². The molecule has 1 aromatic rings. The molecule has 0 aromatic heterocycles. The summed E-state index contributed by atoms with van der Waals surface area (Å²) in [5, 5.41) is 19.7. The zero-order valence-corrected chi connectivity index (χ0v) is 19.0. The van der Waals surface area contributed by atoms with Gasteiger partial charge in [0.05, 0.1) is 11.1 Å². The molecule has 170 valence electrons. The molecule has 4 atom stereocenters. The molecule has 1 rings (SSSR count). The Bertz CT molecular complexity index is 920. The van der Waals surface area contributed by atoms with Crippen molar-refractivity contribution in [3.8, 4) is 0 Å². The third-order valence-electron chi connectivity index (χ3n) is 5.92. The summed E-state index contributed by atoms with van der Waals surface area (Å²) in [7, 11) is 0. The zero-order valence-electron chi connectivity index (χ0n) is 19.0. The Morgan fingerprint density at radius 3 is 1.75 bits per heavy atom. The first-order valence-corrected chi connectivity index (χ1v) is 10.7. The monoisotopic (exact) mass is 434 g/mol. The second-order valence-corrected chi connectivity index (χ2v) is 7.78. The van der Waals surface area contributed by atoms with Gasteiger partial charge in [-0.3, -0.25) is 0 Å². The molecule has 4 heteroatoms. The summed E-state index contributed by atoms with van der Waals surface area (Å²) in [5.41, 5.74) is 0.998. The van der Waals surface area contributed by atoms with Gasteiger partial charge in [0.15, 0.2) is 0 Å². The molecule has 0 heterocycles. The third kappa shape index (κ3) is 6.55. The quantitative estimate of drug-likeness (QED) is 0.241. The molecule has 0 aliphatic rings. The number of aromatic carboxylic acids is 2. The fourth-order valence-electron chi connectivity index (χ4n) is 4.05. The standard InChI is InChI=1S/C28H34O4/c1-7-11-13-15-21(9-3)19(5)23-17-18-24(27(29)30)26(28(31)32)25(23)20(6)22(10-4)16-14-12-8-2/h7-14,17-22H,1-4,15-16H2,5-6H3,(H,29,30)(H,31,32). The van der Waals surface area contributed by atoms with Crippen LogP contribution in [0, 0.1) is 11.8 Å². The van der Waals surface area contributed by atoms with Crippen molar-refractivity contribution in [2.24, 2.45) is 11.8 Å². The van der Waals surface area contributed by atoms with Crippen LogP contribution in [0.25, 0.3) is 0 Å². The number of rotatable bonds is 14. The van der Waals surface area contributed by atoms with Crippen LogP contribution in [0.5, 0.6) is 0 Å². The Kier molecular flexibility index (Phi) is 10.9. The van der Waals surface area contributed by atoms with Crippen LogP contribution in [0.3, 0.4) is 0 Å². The van der Waals surface area contributed by atoms with Crippen LogP contribution in [0.1, 0.15) is 70.4 Å². The maximum Gasteiger partial charge on any atom is 0.336 e. The van der Waals surface area contributed by atoms with E-state index in [-0.39, 0.29) is 34.8 Å². The number of benzene rings is 1. The molecule has 4 unspecified atom stereocenters. The predicted octanol–water partition coefficient (Wildman–Crippen LogP) is 7.16. The van der Waals surface area contributed by atoms with Crippen LogP contribution >= 0.6 is 0 Å². The molecule has 0 aliphatic heterocycles. The van der Waals surface area contributed by atoms with Gasteiger partial charge in [0, 0.05) is 0 Å². The van der Waals surface area contributed by atoms with Gasteiger partial charge in [-0.1, -0.05) is 81.7 Å². The second kappa shape index (κ2) is 13.1. The fourth-order valence-corrected chi connectivity index (χ4v) is 4.05. The molecule has 0 aliphatic carbocycles. The van der Waals surface area contributed by atoms with E-state index in [2.05, 4.69) is 26.3 Å². The minimum Gasteiger partial charge on any atom is -0.478 e. The van der Waals surface area contributed by atoms with Gasteiger partial charge in [0.1, 0.15) is 0 Å². The van der Waals surface area contributed by atoms with Gasteiger partial charge < -0.3 is 10.2 Å². The molecule has 0 fully saturated rings. The van der Waals surface area contributed by atoms with Crippen LogP contribution in [0.2, 0.25) is 0 Å². The van der Waals surface area contributed by atoms with Gasteiger partial charge in [-0.15, -0.1) is 13.2 Å². The Hall–Kier alpha value is -3.40. The number of carbonyl (C=O) groups is 2. The highest BCUT2D eigenvalue weighted by Crippen LogP contribution is 2.40. The average Bonchev–Trinajstić information content (AvgIpc) is 2.77. The maximum absolute atomic E-state index is 12.3. The van der Waals surface area contributed by atoms with Crippen LogP contribution in [0.15, 0.2) is 87.1 Å². The van der Waals surface area contributed by atoms with E-state index in [1.54, 1.807) is 24.3 Å². The summed E-state index contributed by atoms with van der Waals surface area (Å²) in [4.78, 5) is 24.1. The van der Waals surface area contributed by atoms with Crippen molar-refractivity contribution in [2.75, 3.05) is 0 Å². The number of carboxylic acid groups (broad SMARTS) is 2. The first-order chi connectivity index (χ1) is 15.2. The lowest BCUT2D eigenvalue weighted by Gasteiger charge is -2.30. The van der Waals surface area contributed by atoms with Crippen LogP contribution in [0.4, 0.5) is 0 Å². The summed E-state index contributed by atoms with van der Waals surface area (Å²) in [6.45, 7) is 19.2. The topological polar surface area (TPSA) is 74.6 Å². The molecule has 0 saturated carbocycles. The van der Waals surface area contributed by atoms with Gasteiger partial charge in [0.2, 0.25) is 0 Å². The molecule has 0 spiro atoms. The van der Waals surface area contributed by atoms with Gasteiger partial charge in [0.25, 0.3) is 0 Å². The van der Waals surface area contributed by atoms with E-state index in [0.29, 0.717) is 18.4 Å². The second-order valence-electron chi connectivity index (χ2n) is 7.78. The normalized spacial score (nSPS) is 15.1. The Morgan fingerprint density at radius 1 is 0.844 bits per heavy atom. The zero-order chi connectivity index (χ0) is 24.3. The van der Waals surface area contributed by atoms with Crippen LogP contribution < -0.4 is 0 Å². The van der Waals surface area contributed by atoms with E-state index < -0.39 is 11.9 Å². The molecule has 0 saturated heterocycles. The van der Waals surface area contributed by atoms with Crippen molar-refractivity contribution in [3.63, 3.8) is 0 Å². The first-order valence-electron chi connectivity index (χ1n) is 10.7. The fraction of sp³-hybridized carbons (Fsp3) is 0.286. The average molecular weight is 435 g/mol. The maximum atomic E-state index is 12.3. The predicted molar refractivity (Wildman–Crippen MR) is 132 cm³/mol. The molecular weight excluding hydrogens is 400 g/mol. The number of carboxylic acids is 2. The molecule has 0 bridgehead atoms. The van der Waals surface area contributed by atoms with Gasteiger partial charge in [-0.05, 0) is 53.7 Å². The van der Waals surface area contributed by atoms with Gasteiger partial charge in [-0.2, -0.15) is 0 Å². The lowest BCUT2D eigenvalue weighted by atomic mass is 9.74. The number of allylic oxidation sites excluding steroid dienone is 8. The molecule has 0 radical (unpaired) electrons. The SMILES string of the molecule is C=CC=CCC(C=C)C(C)c1ccc(C(=O)O)c(C(=O)O)c1C(C)C(C=C)CC=CC=C. The first kappa shape index (κ1) is 26.6. The number of hydrogen-bond acceptors (Lipinski definition) is 2. The van der Waals surface area contributed by atoms with Crippen molar-refractivity contribution in [1.29, 1.82) is 0 Å². The molecule has 0 amide bonds. The molecular formula is C28H34O4. The summed E-state index contributed by atoms with van der Waals surface area (Å²) >= 11 is 0. The summed E-state index contributed by atoms with van der Waals surface area (Å²) in [5.74, 6) is -2.89. The number of hydrogen-bond donors (Lipinski definition) is 2. The lowest BCUT2D eigenvalue weighted by Crippen LogP contribution is -2.21.